The van der Waals surface area contributed by atoms with E-state index in [0.717, 1.165) is 5.56 Å². The second-order valence-corrected chi connectivity index (χ2v) is 2.23. The molecular weight excluding hydrogens is 158 g/mol. The first-order chi connectivity index (χ1) is 5.90. The Bertz CT molecular complexity index is 352. The van der Waals surface area contributed by atoms with Gasteiger partial charge in [0.15, 0.2) is 5.82 Å². The summed E-state index contributed by atoms with van der Waals surface area (Å²) in [4.78, 5) is 4.01. The Morgan fingerprint density at radius 2 is 2.42 bits per heavy atom. The first kappa shape index (κ1) is 7.05. The normalized spacial score (nSPS) is 10.4. The van der Waals surface area contributed by atoms with Crippen LogP contribution in [0.4, 0.5) is 0 Å². The predicted molar refractivity (Wildman–Crippen MR) is 39.9 cm³/mol. The first-order valence-electron chi connectivity index (χ1n) is 3.45. The molecule has 0 radical (unpaired) electrons. The molecule has 5 nitrogen and oxygen atoms in total. The van der Waals surface area contributed by atoms with Gasteiger partial charge in [-0.1, -0.05) is 5.16 Å². The summed E-state index contributed by atoms with van der Waals surface area (Å²) in [5.74, 6) is 0.926. The Balaban J connectivity index is 2.35. The van der Waals surface area contributed by atoms with E-state index in [2.05, 4.69) is 10.1 Å². The van der Waals surface area contributed by atoms with Crippen molar-refractivity contribution in [2.75, 3.05) is 0 Å². The molecule has 2 heterocycles. The average molecular weight is 165 g/mol. The number of hydrogen-bond acceptors (Lipinski definition) is 5. The van der Waals surface area contributed by atoms with Gasteiger partial charge in [-0.25, -0.2) is 0 Å². The molecule has 2 N–H and O–H groups in total. The summed E-state index contributed by atoms with van der Waals surface area (Å²) in [5, 5.41) is 3.64. The van der Waals surface area contributed by atoms with Crippen molar-refractivity contribution in [3.8, 4) is 11.5 Å². The van der Waals surface area contributed by atoms with Gasteiger partial charge in [0.05, 0.1) is 18.4 Å². The Labute approximate surface area is 68.2 Å². The largest absolute Gasteiger partial charge is 0.472 e. The molecule has 0 aliphatic carbocycles. The van der Waals surface area contributed by atoms with Crippen molar-refractivity contribution in [3.63, 3.8) is 0 Å². The Morgan fingerprint density at radius 1 is 1.50 bits per heavy atom. The summed E-state index contributed by atoms with van der Waals surface area (Å²) >= 11 is 0. The zero-order valence-corrected chi connectivity index (χ0v) is 6.23. The third-order valence-corrected chi connectivity index (χ3v) is 1.42. The van der Waals surface area contributed by atoms with Gasteiger partial charge >= 0.3 is 0 Å². The Hall–Kier alpha value is -1.62. The molecule has 5 heteroatoms. The van der Waals surface area contributed by atoms with Crippen molar-refractivity contribution in [3.05, 3.63) is 24.4 Å². The molecule has 0 aliphatic heterocycles. The third-order valence-electron chi connectivity index (χ3n) is 1.42. The zero-order valence-electron chi connectivity index (χ0n) is 6.23. The zero-order chi connectivity index (χ0) is 8.39. The lowest BCUT2D eigenvalue weighted by molar-refractivity contribution is 0.422. The van der Waals surface area contributed by atoms with Gasteiger partial charge in [0.25, 0.3) is 5.89 Å². The van der Waals surface area contributed by atoms with Crippen LogP contribution >= 0.6 is 0 Å². The Morgan fingerprint density at radius 3 is 3.00 bits per heavy atom. The van der Waals surface area contributed by atoms with Gasteiger partial charge < -0.3 is 14.7 Å². The van der Waals surface area contributed by atoms with Crippen LogP contribution in [0.25, 0.3) is 11.5 Å². The molecule has 0 fully saturated rings. The van der Waals surface area contributed by atoms with Gasteiger partial charge in [-0.15, -0.1) is 0 Å². The molecule has 62 valence electrons. The van der Waals surface area contributed by atoms with Crippen molar-refractivity contribution in [1.29, 1.82) is 0 Å². The quantitative estimate of drug-likeness (QED) is 0.711. The molecule has 2 rings (SSSR count). The number of aromatic nitrogens is 2. The molecular formula is C7H7N3O2. The summed E-state index contributed by atoms with van der Waals surface area (Å²) < 4.78 is 9.75. The maximum absolute atomic E-state index is 5.31. The molecule has 2 aromatic rings. The van der Waals surface area contributed by atoms with Gasteiger partial charge in [0.1, 0.15) is 6.26 Å². The highest BCUT2D eigenvalue weighted by Gasteiger charge is 2.07. The van der Waals surface area contributed by atoms with Crippen LogP contribution < -0.4 is 5.73 Å². The number of nitrogens with zero attached hydrogens (tertiary/aromatic N) is 2. The highest BCUT2D eigenvalue weighted by Crippen LogP contribution is 2.16. The van der Waals surface area contributed by atoms with Crippen LogP contribution in [-0.2, 0) is 6.54 Å². The molecule has 0 spiro atoms. The summed E-state index contributed by atoms with van der Waals surface area (Å²) in [6.07, 6.45) is 3.08. The minimum atomic E-state index is 0.279. The van der Waals surface area contributed by atoms with Crippen molar-refractivity contribution >= 4 is 0 Å². The average Bonchev–Trinajstić information content (AvgIpc) is 2.75. The fourth-order valence-corrected chi connectivity index (χ4v) is 0.840. The van der Waals surface area contributed by atoms with Crippen molar-refractivity contribution in [1.82, 2.24) is 10.1 Å². The third kappa shape index (κ3) is 1.10. The topological polar surface area (TPSA) is 78.1 Å². The van der Waals surface area contributed by atoms with Crippen molar-refractivity contribution in [2.45, 2.75) is 6.54 Å². The maximum Gasteiger partial charge on any atom is 0.261 e. The molecule has 0 unspecified atom stereocenters. The summed E-state index contributed by atoms with van der Waals surface area (Å²) in [6, 6.07) is 1.74. The highest BCUT2D eigenvalue weighted by atomic mass is 16.5. The van der Waals surface area contributed by atoms with E-state index in [4.69, 9.17) is 14.7 Å². The van der Waals surface area contributed by atoms with Crippen LogP contribution in [0.1, 0.15) is 5.82 Å². The van der Waals surface area contributed by atoms with E-state index in [-0.39, 0.29) is 6.54 Å². The van der Waals surface area contributed by atoms with E-state index in [1.807, 2.05) is 0 Å². The molecule has 0 aromatic carbocycles. The van der Waals surface area contributed by atoms with Gasteiger partial charge in [-0.2, -0.15) is 4.98 Å². The predicted octanol–water partition coefficient (Wildman–Crippen LogP) is 0.788. The van der Waals surface area contributed by atoms with Crippen LogP contribution in [-0.4, -0.2) is 10.1 Å². The van der Waals surface area contributed by atoms with E-state index in [0.29, 0.717) is 11.7 Å². The number of nitrogens with two attached hydrogens (primary N) is 1. The lowest BCUT2D eigenvalue weighted by Gasteiger charge is -1.80. The molecule has 0 atom stereocenters. The fourth-order valence-electron chi connectivity index (χ4n) is 0.840. The van der Waals surface area contributed by atoms with Crippen LogP contribution in [0.3, 0.4) is 0 Å². The van der Waals surface area contributed by atoms with E-state index in [1.165, 1.54) is 6.26 Å². The van der Waals surface area contributed by atoms with Crippen molar-refractivity contribution in [2.24, 2.45) is 5.73 Å². The van der Waals surface area contributed by atoms with E-state index in [1.54, 1.807) is 12.3 Å². The molecule has 0 saturated carbocycles. The summed E-state index contributed by atoms with van der Waals surface area (Å²) in [6.45, 7) is 0.279. The molecule has 12 heavy (non-hydrogen) atoms. The SMILES string of the molecule is NCc1noc(-c2ccoc2)n1. The highest BCUT2D eigenvalue weighted by molar-refractivity contribution is 5.49. The molecule has 0 bridgehead atoms. The number of furan rings is 1. The second-order valence-electron chi connectivity index (χ2n) is 2.23. The first-order valence-corrected chi connectivity index (χ1v) is 3.45. The van der Waals surface area contributed by atoms with Crippen LogP contribution in [0.2, 0.25) is 0 Å². The molecule has 0 aliphatic rings. The van der Waals surface area contributed by atoms with E-state index >= 15 is 0 Å². The molecule has 0 saturated heterocycles. The summed E-state index contributed by atoms with van der Waals surface area (Å²) in [7, 11) is 0. The van der Waals surface area contributed by atoms with Crippen molar-refractivity contribution < 1.29 is 8.94 Å². The van der Waals surface area contributed by atoms with Crippen LogP contribution in [0.15, 0.2) is 27.5 Å². The second kappa shape index (κ2) is 2.78. The minimum Gasteiger partial charge on any atom is -0.472 e. The number of rotatable bonds is 2. The maximum atomic E-state index is 5.31. The van der Waals surface area contributed by atoms with E-state index in [9.17, 15) is 0 Å². The summed E-state index contributed by atoms with van der Waals surface area (Å²) in [5.41, 5.74) is 6.07. The molecule has 2 aromatic heterocycles. The van der Waals surface area contributed by atoms with Gasteiger partial charge in [-0.05, 0) is 6.07 Å². The minimum absolute atomic E-state index is 0.279. The van der Waals surface area contributed by atoms with Crippen LogP contribution in [0.5, 0.6) is 0 Å². The fraction of sp³-hybridized carbons (Fsp3) is 0.143. The van der Waals surface area contributed by atoms with Crippen LogP contribution in [0, 0.1) is 0 Å². The number of hydrogen-bond donors (Lipinski definition) is 1. The smallest absolute Gasteiger partial charge is 0.261 e. The standard InChI is InChI=1S/C7H7N3O2/c8-3-6-9-7(12-10-6)5-1-2-11-4-5/h1-2,4H,3,8H2. The lowest BCUT2D eigenvalue weighted by atomic mass is 10.3. The monoisotopic (exact) mass is 165 g/mol. The van der Waals surface area contributed by atoms with Gasteiger partial charge in [0.2, 0.25) is 0 Å². The Kier molecular flexibility index (Phi) is 1.64. The molecule has 0 amide bonds. The lowest BCUT2D eigenvalue weighted by Crippen LogP contribution is -1.97. The van der Waals surface area contributed by atoms with E-state index < -0.39 is 0 Å². The van der Waals surface area contributed by atoms with Gasteiger partial charge in [-0.3, -0.25) is 0 Å². The van der Waals surface area contributed by atoms with Gasteiger partial charge in [0, 0.05) is 0 Å².